The number of benzene rings is 1. The molecule has 1 saturated heterocycles. The van der Waals surface area contributed by atoms with Crippen LogP contribution in [0.2, 0.25) is 0 Å². The molecule has 2 N–H and O–H groups in total. The molecule has 4 unspecified atom stereocenters. The molecule has 1 heterocycles. The Bertz CT molecular complexity index is 642. The van der Waals surface area contributed by atoms with Crippen molar-refractivity contribution in [2.24, 2.45) is 17.8 Å². The molecule has 1 saturated carbocycles. The van der Waals surface area contributed by atoms with E-state index in [2.05, 4.69) is 17.5 Å². The van der Waals surface area contributed by atoms with Crippen LogP contribution in [0.15, 0.2) is 36.4 Å². The lowest BCUT2D eigenvalue weighted by Gasteiger charge is -2.30. The molecule has 0 radical (unpaired) electrons. The number of aliphatic hydroxyl groups excluding tert-OH is 1. The molecule has 0 spiro atoms. The van der Waals surface area contributed by atoms with E-state index in [1.54, 1.807) is 4.90 Å². The molecule has 1 aromatic carbocycles. The van der Waals surface area contributed by atoms with E-state index < -0.39 is 0 Å². The fourth-order valence-electron chi connectivity index (χ4n) is 4.46. The van der Waals surface area contributed by atoms with Crippen molar-refractivity contribution < 1.29 is 9.90 Å². The van der Waals surface area contributed by atoms with Crippen molar-refractivity contribution in [3.8, 4) is 0 Å². The molecule has 128 valence electrons. The summed E-state index contributed by atoms with van der Waals surface area (Å²) in [4.78, 5) is 14.4. The maximum absolute atomic E-state index is 12.6. The van der Waals surface area contributed by atoms with E-state index in [4.69, 9.17) is 0 Å². The lowest BCUT2D eigenvalue weighted by Crippen LogP contribution is -2.42. The molecule has 1 aromatic rings. The Morgan fingerprint density at radius 3 is 2.96 bits per heavy atom. The van der Waals surface area contributed by atoms with Crippen LogP contribution in [-0.2, 0) is 0 Å². The number of carbonyl (C=O) groups excluding carboxylic acids is 1. The van der Waals surface area contributed by atoms with Crippen LogP contribution in [-0.4, -0.2) is 41.7 Å². The average Bonchev–Trinajstić information content (AvgIpc) is 3.22. The van der Waals surface area contributed by atoms with Gasteiger partial charge in [0, 0.05) is 30.9 Å². The van der Waals surface area contributed by atoms with Gasteiger partial charge in [0.05, 0.1) is 6.10 Å². The minimum absolute atomic E-state index is 0.0280. The molecule has 4 nitrogen and oxygen atoms in total. The molecular formula is C20H26N2O2. The van der Waals surface area contributed by atoms with Gasteiger partial charge >= 0.3 is 0 Å². The summed E-state index contributed by atoms with van der Waals surface area (Å²) in [5, 5.41) is 13.3. The van der Waals surface area contributed by atoms with Crippen LogP contribution >= 0.6 is 0 Å². The first kappa shape index (κ1) is 15.7. The van der Waals surface area contributed by atoms with Gasteiger partial charge in [-0.05, 0) is 61.6 Å². The van der Waals surface area contributed by atoms with Crippen molar-refractivity contribution in [3.05, 3.63) is 42.0 Å². The number of nitrogens with one attached hydrogen (secondary N) is 1. The van der Waals surface area contributed by atoms with E-state index in [9.17, 15) is 9.90 Å². The van der Waals surface area contributed by atoms with Gasteiger partial charge in [-0.3, -0.25) is 4.79 Å². The largest absolute Gasteiger partial charge is 0.391 e. The summed E-state index contributed by atoms with van der Waals surface area (Å²) in [5.41, 5.74) is 1.73. The predicted molar refractivity (Wildman–Crippen MR) is 94.9 cm³/mol. The van der Waals surface area contributed by atoms with Gasteiger partial charge in [0.25, 0.3) is 5.91 Å². The van der Waals surface area contributed by atoms with Gasteiger partial charge in [-0.1, -0.05) is 18.2 Å². The second-order valence-corrected chi connectivity index (χ2v) is 7.55. The van der Waals surface area contributed by atoms with E-state index in [0.29, 0.717) is 12.1 Å². The van der Waals surface area contributed by atoms with Gasteiger partial charge in [-0.15, -0.1) is 0 Å². The van der Waals surface area contributed by atoms with Gasteiger partial charge in [0.1, 0.15) is 0 Å². The van der Waals surface area contributed by atoms with Crippen LogP contribution in [0.4, 0.5) is 5.69 Å². The smallest absolute Gasteiger partial charge is 0.254 e. The maximum atomic E-state index is 12.6. The zero-order valence-electron chi connectivity index (χ0n) is 14.0. The second kappa shape index (κ2) is 6.60. The molecule has 4 heteroatoms. The molecule has 2 fully saturated rings. The molecule has 2 aliphatic carbocycles. The van der Waals surface area contributed by atoms with Gasteiger partial charge in [0.2, 0.25) is 0 Å². The van der Waals surface area contributed by atoms with Crippen molar-refractivity contribution in [1.82, 2.24) is 4.90 Å². The third-order valence-electron chi connectivity index (χ3n) is 5.78. The van der Waals surface area contributed by atoms with Crippen molar-refractivity contribution in [2.75, 3.05) is 25.0 Å². The van der Waals surface area contributed by atoms with Gasteiger partial charge in [-0.2, -0.15) is 0 Å². The Morgan fingerprint density at radius 2 is 2.21 bits per heavy atom. The standard InChI is InChI=1S/C20H26N2O2/c23-19-5-2-8-22(13-19)20(24)16-3-1-4-18(11-16)21-12-17-10-14-6-7-15(17)9-14/h1,3-4,6-7,11,14-15,17,19,21,23H,2,5,8-10,12-13H2. The van der Waals surface area contributed by atoms with E-state index >= 15 is 0 Å². The third kappa shape index (κ3) is 3.20. The van der Waals surface area contributed by atoms with E-state index in [0.717, 1.165) is 49.4 Å². The zero-order valence-corrected chi connectivity index (χ0v) is 14.0. The van der Waals surface area contributed by atoms with Crippen LogP contribution in [0, 0.1) is 17.8 Å². The number of amides is 1. The number of rotatable bonds is 4. The number of allylic oxidation sites excluding steroid dienone is 2. The highest BCUT2D eigenvalue weighted by Gasteiger charge is 2.35. The number of hydrogen-bond acceptors (Lipinski definition) is 3. The van der Waals surface area contributed by atoms with Crippen molar-refractivity contribution in [3.63, 3.8) is 0 Å². The number of piperidine rings is 1. The minimum atomic E-state index is -0.380. The summed E-state index contributed by atoms with van der Waals surface area (Å²) in [6, 6.07) is 7.79. The average molecular weight is 326 g/mol. The number of hydrogen-bond donors (Lipinski definition) is 2. The maximum Gasteiger partial charge on any atom is 0.254 e. The number of aliphatic hydroxyl groups is 1. The molecule has 2 bridgehead atoms. The second-order valence-electron chi connectivity index (χ2n) is 7.55. The number of carbonyl (C=O) groups is 1. The first-order valence-corrected chi connectivity index (χ1v) is 9.18. The number of fused-ring (bicyclic) bond motifs is 2. The molecule has 4 atom stereocenters. The quantitative estimate of drug-likeness (QED) is 0.837. The minimum Gasteiger partial charge on any atom is -0.391 e. The van der Waals surface area contributed by atoms with Crippen molar-refractivity contribution in [2.45, 2.75) is 31.8 Å². The van der Waals surface area contributed by atoms with Crippen LogP contribution in [0.5, 0.6) is 0 Å². The first-order valence-electron chi connectivity index (χ1n) is 9.18. The molecule has 0 aromatic heterocycles. The van der Waals surface area contributed by atoms with E-state index in [-0.39, 0.29) is 12.0 Å². The van der Waals surface area contributed by atoms with Crippen molar-refractivity contribution >= 4 is 11.6 Å². The lowest BCUT2D eigenvalue weighted by molar-refractivity contribution is 0.0474. The zero-order chi connectivity index (χ0) is 16.5. The fraction of sp³-hybridized carbons (Fsp3) is 0.550. The first-order chi connectivity index (χ1) is 11.7. The topological polar surface area (TPSA) is 52.6 Å². The number of β-amino-alcohol motifs (C(OH)–C–C–N with tert-alkyl or cyclic N) is 1. The molecule has 3 aliphatic rings. The highest BCUT2D eigenvalue weighted by atomic mass is 16.3. The van der Waals surface area contributed by atoms with Gasteiger partial charge in [0.15, 0.2) is 0 Å². The van der Waals surface area contributed by atoms with Crippen LogP contribution in [0.25, 0.3) is 0 Å². The normalized spacial score (nSPS) is 31.5. The fourth-order valence-corrected chi connectivity index (χ4v) is 4.46. The molecule has 4 rings (SSSR count). The molecule has 1 aliphatic heterocycles. The lowest BCUT2D eigenvalue weighted by atomic mass is 9.93. The van der Waals surface area contributed by atoms with Crippen LogP contribution < -0.4 is 5.32 Å². The Hall–Kier alpha value is -1.81. The molecular weight excluding hydrogens is 300 g/mol. The summed E-state index contributed by atoms with van der Waals surface area (Å²) in [6.07, 6.45) is 8.65. The van der Waals surface area contributed by atoms with E-state index in [1.165, 1.54) is 12.8 Å². The Kier molecular flexibility index (Phi) is 4.31. The highest BCUT2D eigenvalue weighted by Crippen LogP contribution is 2.43. The van der Waals surface area contributed by atoms with Crippen LogP contribution in [0.1, 0.15) is 36.0 Å². The van der Waals surface area contributed by atoms with Gasteiger partial charge < -0.3 is 15.3 Å². The third-order valence-corrected chi connectivity index (χ3v) is 5.78. The molecule has 24 heavy (non-hydrogen) atoms. The predicted octanol–water partition coefficient (Wildman–Crippen LogP) is 2.91. The summed E-state index contributed by atoms with van der Waals surface area (Å²) in [6.45, 7) is 2.17. The van der Waals surface area contributed by atoms with Crippen LogP contribution in [0.3, 0.4) is 0 Å². The summed E-state index contributed by atoms with van der Waals surface area (Å²) in [7, 11) is 0. The summed E-state index contributed by atoms with van der Waals surface area (Å²) in [5.74, 6) is 2.28. The monoisotopic (exact) mass is 326 g/mol. The number of nitrogens with zero attached hydrogens (tertiary/aromatic N) is 1. The Balaban J connectivity index is 1.38. The molecule has 1 amide bonds. The van der Waals surface area contributed by atoms with E-state index in [1.807, 2.05) is 24.3 Å². The summed E-state index contributed by atoms with van der Waals surface area (Å²) >= 11 is 0. The number of anilines is 1. The summed E-state index contributed by atoms with van der Waals surface area (Å²) < 4.78 is 0. The van der Waals surface area contributed by atoms with Gasteiger partial charge in [-0.25, -0.2) is 0 Å². The number of likely N-dealkylation sites (tertiary alicyclic amines) is 1. The highest BCUT2D eigenvalue weighted by molar-refractivity contribution is 5.95. The van der Waals surface area contributed by atoms with Crippen molar-refractivity contribution in [1.29, 1.82) is 0 Å². The Morgan fingerprint density at radius 1 is 1.29 bits per heavy atom. The SMILES string of the molecule is O=C(c1cccc(NCC2CC3C=CC2C3)c1)N1CCCC(O)C1. The Labute approximate surface area is 143 Å².